The lowest BCUT2D eigenvalue weighted by Crippen LogP contribution is -2.44. The highest BCUT2D eigenvalue weighted by Gasteiger charge is 2.52. The van der Waals surface area contributed by atoms with E-state index in [1.807, 2.05) is 24.3 Å². The van der Waals surface area contributed by atoms with E-state index in [2.05, 4.69) is 43.8 Å². The predicted octanol–water partition coefficient (Wildman–Crippen LogP) is 8.56. The molecule has 5 rings (SSSR count). The van der Waals surface area contributed by atoms with Crippen LogP contribution in [0.4, 0.5) is 13.2 Å². The van der Waals surface area contributed by atoms with Crippen molar-refractivity contribution in [3.8, 4) is 33.9 Å². The molecule has 230 valence electrons. The van der Waals surface area contributed by atoms with Crippen molar-refractivity contribution < 1.29 is 26.0 Å². The predicted molar refractivity (Wildman–Crippen MR) is 165 cm³/mol. The first-order valence-corrected chi connectivity index (χ1v) is 19.1. The van der Waals surface area contributed by atoms with E-state index in [9.17, 15) is 21.6 Å². The number of aromatic nitrogens is 3. The van der Waals surface area contributed by atoms with Crippen LogP contribution in [-0.4, -0.2) is 37.0 Å². The molecule has 43 heavy (non-hydrogen) atoms. The molecule has 0 bridgehead atoms. The van der Waals surface area contributed by atoms with E-state index in [-0.39, 0.29) is 44.9 Å². The van der Waals surface area contributed by atoms with Gasteiger partial charge in [-0.3, -0.25) is 4.98 Å². The molecular weight excluding hydrogens is 592 g/mol. The number of hydrogen-bond donors (Lipinski definition) is 0. The Balaban J connectivity index is 1.54. The molecule has 1 saturated carbocycles. The minimum atomic E-state index is -4.54. The van der Waals surface area contributed by atoms with Crippen LogP contribution < -0.4 is 0 Å². The van der Waals surface area contributed by atoms with Gasteiger partial charge >= 0.3 is 6.18 Å². The van der Waals surface area contributed by atoms with Gasteiger partial charge in [0.25, 0.3) is 0 Å². The molecule has 0 unspecified atom stereocenters. The fourth-order valence-electron chi connectivity index (χ4n) is 5.08. The van der Waals surface area contributed by atoms with Gasteiger partial charge in [-0.05, 0) is 67.2 Å². The minimum absolute atomic E-state index is 0.00148. The van der Waals surface area contributed by atoms with E-state index in [1.165, 1.54) is 4.57 Å². The molecule has 0 atom stereocenters. The standard InChI is InChI=1S/C32H38F3N3O3SSi/c1-8-38-20-24(32(33,34)35)17-25-27(38)18-26(37-25)29-28(42(39,40)9-2)16-22(19-36-29)21-10-12-23(13-11-21)31(14-15-31)41-43(6,7)30(3,4)5/h10-13,16-20H,8-9,14-15H2,1-7H3. The molecule has 3 heterocycles. The van der Waals surface area contributed by atoms with Gasteiger partial charge in [-0.15, -0.1) is 0 Å². The largest absolute Gasteiger partial charge is 0.417 e. The molecule has 3 aliphatic rings. The van der Waals surface area contributed by atoms with E-state index >= 15 is 0 Å². The summed E-state index contributed by atoms with van der Waals surface area (Å²) in [5.41, 5.74) is 2.38. The van der Waals surface area contributed by atoms with Crippen LogP contribution in [0.15, 0.2) is 59.8 Å². The minimum Gasteiger partial charge on any atom is -0.407 e. The van der Waals surface area contributed by atoms with E-state index in [0.717, 1.165) is 36.2 Å². The number of pyridine rings is 2. The maximum atomic E-state index is 13.5. The second-order valence-corrected chi connectivity index (χ2v) is 19.8. The molecule has 0 saturated heterocycles. The van der Waals surface area contributed by atoms with Gasteiger partial charge in [-0.25, -0.2) is 13.4 Å². The molecule has 6 nitrogen and oxygen atoms in total. The summed E-state index contributed by atoms with van der Waals surface area (Å²) in [5.74, 6) is -0.162. The van der Waals surface area contributed by atoms with Crippen LogP contribution in [0, 0.1) is 0 Å². The van der Waals surface area contributed by atoms with E-state index < -0.39 is 29.9 Å². The second-order valence-electron chi connectivity index (χ2n) is 12.8. The van der Waals surface area contributed by atoms with Crippen molar-refractivity contribution >= 4 is 18.2 Å². The molecule has 1 aromatic carbocycles. The van der Waals surface area contributed by atoms with Crippen LogP contribution in [0.2, 0.25) is 18.1 Å². The molecule has 0 spiro atoms. The molecule has 1 aliphatic carbocycles. The Labute approximate surface area is 252 Å². The van der Waals surface area contributed by atoms with E-state index in [1.54, 1.807) is 32.2 Å². The Morgan fingerprint density at radius 3 is 2.16 bits per heavy atom. The third-order valence-corrected chi connectivity index (χ3v) is 15.1. The van der Waals surface area contributed by atoms with Crippen LogP contribution in [0.3, 0.4) is 0 Å². The molecule has 0 amide bonds. The zero-order valence-corrected chi connectivity index (χ0v) is 27.4. The summed E-state index contributed by atoms with van der Waals surface area (Å²) in [6.07, 6.45) is 0.0363. The Hall–Kier alpha value is -3.02. The lowest BCUT2D eigenvalue weighted by atomic mass is 10.0. The number of benzene rings is 1. The van der Waals surface area contributed by atoms with Gasteiger partial charge in [0.1, 0.15) is 5.69 Å². The SMILES string of the molecule is CCn1cc(C(F)(F)F)cc2nc(-c3ncc(-c4ccc(C5(O[Si](C)(C)C(C)(C)C)CC5)cc4)cc3S(=O)(=O)CC)cc1-2. The monoisotopic (exact) mass is 629 g/mol. The van der Waals surface area contributed by atoms with Crippen molar-refractivity contribution in [2.75, 3.05) is 5.75 Å². The van der Waals surface area contributed by atoms with Gasteiger partial charge in [0.15, 0.2) is 18.2 Å². The zero-order chi connectivity index (χ0) is 31.6. The van der Waals surface area contributed by atoms with Crippen LogP contribution in [0.25, 0.3) is 33.9 Å². The normalized spacial score (nSPS) is 15.7. The first-order valence-electron chi connectivity index (χ1n) is 14.5. The summed E-state index contributed by atoms with van der Waals surface area (Å²) in [4.78, 5) is 8.94. The number of halogens is 3. The molecule has 11 heteroatoms. The third kappa shape index (κ3) is 5.91. The van der Waals surface area contributed by atoms with Gasteiger partial charge < -0.3 is 8.99 Å². The van der Waals surface area contributed by atoms with Crippen LogP contribution >= 0.6 is 0 Å². The summed E-state index contributed by atoms with van der Waals surface area (Å²) >= 11 is 0. The summed E-state index contributed by atoms with van der Waals surface area (Å²) < 4.78 is 75.4. The quantitative estimate of drug-likeness (QED) is 0.183. The number of sulfone groups is 1. The Morgan fingerprint density at radius 1 is 0.977 bits per heavy atom. The van der Waals surface area contributed by atoms with Crippen molar-refractivity contribution in [1.82, 2.24) is 14.5 Å². The highest BCUT2D eigenvalue weighted by atomic mass is 32.2. The summed E-state index contributed by atoms with van der Waals surface area (Å²) in [7, 11) is -5.73. The Bertz CT molecular complexity index is 1740. The van der Waals surface area contributed by atoms with E-state index in [4.69, 9.17) is 4.43 Å². The smallest absolute Gasteiger partial charge is 0.407 e. The van der Waals surface area contributed by atoms with E-state index in [0.29, 0.717) is 11.3 Å². The number of aryl methyl sites for hydroxylation is 1. The van der Waals surface area contributed by atoms with Crippen molar-refractivity contribution in [1.29, 1.82) is 0 Å². The van der Waals surface area contributed by atoms with Gasteiger partial charge in [0.05, 0.1) is 38.9 Å². The number of hydrogen-bond acceptors (Lipinski definition) is 5. The molecule has 1 fully saturated rings. The average Bonchev–Trinajstić information content (AvgIpc) is 3.58. The van der Waals surface area contributed by atoms with Crippen molar-refractivity contribution in [2.24, 2.45) is 0 Å². The fraction of sp³-hybridized carbons (Fsp3) is 0.438. The van der Waals surface area contributed by atoms with Gasteiger partial charge in [-0.2, -0.15) is 13.2 Å². The number of alkyl halides is 3. The maximum absolute atomic E-state index is 13.5. The topological polar surface area (TPSA) is 74.1 Å². The van der Waals surface area contributed by atoms with Crippen LogP contribution in [0.5, 0.6) is 0 Å². The Morgan fingerprint density at radius 2 is 1.63 bits per heavy atom. The molecule has 0 N–H and O–H groups in total. The summed E-state index contributed by atoms with van der Waals surface area (Å²) in [6, 6.07) is 12.2. The lowest BCUT2D eigenvalue weighted by molar-refractivity contribution is -0.138. The number of rotatable bonds is 8. The van der Waals surface area contributed by atoms with Crippen molar-refractivity contribution in [3.05, 3.63) is 66.0 Å². The van der Waals surface area contributed by atoms with Crippen LogP contribution in [-0.2, 0) is 32.6 Å². The molecule has 2 aliphatic heterocycles. The highest BCUT2D eigenvalue weighted by molar-refractivity contribution is 7.91. The average molecular weight is 630 g/mol. The van der Waals surface area contributed by atoms with Crippen molar-refractivity contribution in [3.63, 3.8) is 0 Å². The van der Waals surface area contributed by atoms with Crippen LogP contribution in [0.1, 0.15) is 58.6 Å². The maximum Gasteiger partial charge on any atom is 0.417 e. The fourth-order valence-corrected chi connectivity index (χ4v) is 7.75. The number of nitrogens with zero attached hydrogens (tertiary/aromatic N) is 3. The lowest BCUT2D eigenvalue weighted by Gasteiger charge is -2.39. The van der Waals surface area contributed by atoms with Gasteiger partial charge in [0, 0.05) is 24.5 Å². The molecule has 0 radical (unpaired) electrons. The molecule has 2 aromatic rings. The number of fused-ring (bicyclic) bond motifs is 1. The van der Waals surface area contributed by atoms with Gasteiger partial charge in [0.2, 0.25) is 0 Å². The Kier molecular flexibility index (Phi) is 7.71. The first kappa shape index (κ1) is 31.4. The summed E-state index contributed by atoms with van der Waals surface area (Å²) in [5, 5.41) is 0.0942. The van der Waals surface area contributed by atoms with Crippen molar-refractivity contribution in [2.45, 2.75) is 88.8 Å². The molecule has 1 aromatic heterocycles. The highest BCUT2D eigenvalue weighted by Crippen LogP contribution is 2.54. The first-order chi connectivity index (χ1) is 19.9. The zero-order valence-electron chi connectivity index (χ0n) is 25.6. The second kappa shape index (κ2) is 10.6. The molecular formula is C32H38F3N3O3SSi. The summed E-state index contributed by atoms with van der Waals surface area (Å²) in [6.45, 7) is 14.8. The third-order valence-electron chi connectivity index (χ3n) is 8.86. The van der Waals surface area contributed by atoms with Gasteiger partial charge in [-0.1, -0.05) is 52.0 Å².